The number of quaternary nitrogens is 2. The van der Waals surface area contributed by atoms with E-state index < -0.39 is 0 Å². The van der Waals surface area contributed by atoms with Crippen LogP contribution in [0.4, 0.5) is 0 Å². The Bertz CT molecular complexity index is 610. The first-order valence-electron chi connectivity index (χ1n) is 9.84. The van der Waals surface area contributed by atoms with Gasteiger partial charge in [0.05, 0.1) is 33.4 Å². The molecule has 1 aliphatic heterocycles. The molecule has 5 heteroatoms. The van der Waals surface area contributed by atoms with Crippen LogP contribution in [0.3, 0.4) is 0 Å². The molecule has 1 fully saturated rings. The molecule has 144 valence electrons. The molecule has 2 aliphatic rings. The number of methoxy groups -OCH3 is 3. The maximum Gasteiger partial charge on any atom is 0.164 e. The number of hydrogen-bond acceptors (Lipinski definition) is 3. The van der Waals surface area contributed by atoms with Crippen molar-refractivity contribution < 1.29 is 24.0 Å². The summed E-state index contributed by atoms with van der Waals surface area (Å²) in [5.74, 6) is 3.28. The zero-order valence-corrected chi connectivity index (χ0v) is 16.5. The zero-order chi connectivity index (χ0) is 18.4. The van der Waals surface area contributed by atoms with Crippen LogP contribution >= 0.6 is 0 Å². The highest BCUT2D eigenvalue weighted by molar-refractivity contribution is 5.50. The van der Waals surface area contributed by atoms with Crippen molar-refractivity contribution in [1.29, 1.82) is 0 Å². The summed E-state index contributed by atoms with van der Waals surface area (Å²) in [6.07, 6.45) is 8.64. The quantitative estimate of drug-likeness (QED) is 0.688. The second-order valence-corrected chi connectivity index (χ2v) is 7.55. The van der Waals surface area contributed by atoms with Crippen molar-refractivity contribution >= 4 is 0 Å². The highest BCUT2D eigenvalue weighted by atomic mass is 16.5. The summed E-state index contributed by atoms with van der Waals surface area (Å²) in [5.41, 5.74) is 1.20. The highest BCUT2D eigenvalue weighted by Gasteiger charge is 2.27. The first kappa shape index (κ1) is 19.1. The monoisotopic (exact) mass is 362 g/mol. The van der Waals surface area contributed by atoms with E-state index in [1.165, 1.54) is 57.5 Å². The largest absolute Gasteiger partial charge is 0.496 e. The number of ether oxygens (including phenoxy) is 3. The number of allylic oxidation sites excluding steroid dienone is 2. The van der Waals surface area contributed by atoms with Gasteiger partial charge in [-0.1, -0.05) is 12.2 Å². The van der Waals surface area contributed by atoms with E-state index >= 15 is 0 Å². The van der Waals surface area contributed by atoms with Crippen LogP contribution in [-0.2, 0) is 6.54 Å². The average molecular weight is 363 g/mol. The molecule has 0 saturated carbocycles. The molecule has 0 aromatic heterocycles. The van der Waals surface area contributed by atoms with Crippen molar-refractivity contribution in [2.75, 3.05) is 54.1 Å². The third-order valence-electron chi connectivity index (χ3n) is 5.85. The van der Waals surface area contributed by atoms with Crippen LogP contribution in [0.1, 0.15) is 24.8 Å². The Balaban J connectivity index is 1.56. The lowest BCUT2D eigenvalue weighted by atomic mass is 9.94. The molecule has 0 radical (unpaired) electrons. The normalized spacial score (nSPS) is 25.7. The molecule has 0 unspecified atom stereocenters. The van der Waals surface area contributed by atoms with Gasteiger partial charge in [-0.05, 0) is 25.3 Å². The van der Waals surface area contributed by atoms with Crippen molar-refractivity contribution in [3.8, 4) is 17.2 Å². The maximum absolute atomic E-state index is 5.59. The summed E-state index contributed by atoms with van der Waals surface area (Å²) in [7, 11) is 5.07. The summed E-state index contributed by atoms with van der Waals surface area (Å²) >= 11 is 0. The van der Waals surface area contributed by atoms with E-state index in [1.54, 1.807) is 31.1 Å². The van der Waals surface area contributed by atoms with Crippen LogP contribution in [-0.4, -0.2) is 54.1 Å². The molecule has 1 aromatic rings. The van der Waals surface area contributed by atoms with Gasteiger partial charge in [0, 0.05) is 12.0 Å². The number of hydrogen-bond donors (Lipinski definition) is 2. The van der Waals surface area contributed by atoms with E-state index in [-0.39, 0.29) is 0 Å². The second-order valence-electron chi connectivity index (χ2n) is 7.55. The maximum atomic E-state index is 5.59. The lowest BCUT2D eigenvalue weighted by Crippen LogP contribution is -3.27. The lowest BCUT2D eigenvalue weighted by molar-refractivity contribution is -1.02. The van der Waals surface area contributed by atoms with E-state index in [0.717, 1.165) is 29.7 Å². The molecule has 2 N–H and O–H groups in total. The van der Waals surface area contributed by atoms with Gasteiger partial charge in [0.25, 0.3) is 0 Å². The van der Waals surface area contributed by atoms with Crippen LogP contribution < -0.4 is 24.0 Å². The molecule has 0 bridgehead atoms. The third kappa shape index (κ3) is 4.71. The smallest absolute Gasteiger partial charge is 0.164 e. The molecule has 0 amide bonds. The third-order valence-corrected chi connectivity index (χ3v) is 5.85. The van der Waals surface area contributed by atoms with Gasteiger partial charge < -0.3 is 24.0 Å². The SMILES string of the molecule is COc1cc(OC)c(OC)cc1C[NH+]1CC[NH+](C[C@@H]2CC=CCC2)CC1. The Labute approximate surface area is 157 Å². The fourth-order valence-electron chi connectivity index (χ4n) is 4.29. The summed E-state index contributed by atoms with van der Waals surface area (Å²) in [6, 6.07) is 4.00. The Hall–Kier alpha value is -1.72. The minimum atomic E-state index is 0.721. The molecule has 1 atom stereocenters. The molecule has 5 nitrogen and oxygen atoms in total. The van der Waals surface area contributed by atoms with E-state index in [4.69, 9.17) is 14.2 Å². The fourth-order valence-corrected chi connectivity index (χ4v) is 4.29. The van der Waals surface area contributed by atoms with Crippen LogP contribution in [0.5, 0.6) is 17.2 Å². The summed E-state index contributed by atoms with van der Waals surface area (Å²) in [5, 5.41) is 0. The summed E-state index contributed by atoms with van der Waals surface area (Å²) in [4.78, 5) is 3.41. The van der Waals surface area contributed by atoms with E-state index in [1.807, 2.05) is 6.07 Å². The van der Waals surface area contributed by atoms with Crippen LogP contribution in [0.15, 0.2) is 24.3 Å². The van der Waals surface area contributed by atoms with Gasteiger partial charge in [0.2, 0.25) is 0 Å². The van der Waals surface area contributed by atoms with E-state index in [9.17, 15) is 0 Å². The van der Waals surface area contributed by atoms with Crippen molar-refractivity contribution in [2.45, 2.75) is 25.8 Å². The van der Waals surface area contributed by atoms with Gasteiger partial charge in [-0.15, -0.1) is 0 Å². The Morgan fingerprint density at radius 1 is 0.846 bits per heavy atom. The zero-order valence-electron chi connectivity index (χ0n) is 16.5. The minimum Gasteiger partial charge on any atom is -0.496 e. The van der Waals surface area contributed by atoms with Gasteiger partial charge >= 0.3 is 0 Å². The number of benzene rings is 1. The van der Waals surface area contributed by atoms with E-state index in [0.29, 0.717) is 0 Å². The second kappa shape index (κ2) is 9.28. The first-order valence-corrected chi connectivity index (χ1v) is 9.84. The van der Waals surface area contributed by atoms with Gasteiger partial charge in [0.15, 0.2) is 11.5 Å². The standard InChI is InChI=1S/C21H32N2O3/c1-24-19-14-21(26-3)20(25-2)13-18(19)16-23-11-9-22(10-12-23)15-17-7-5-4-6-8-17/h4-5,13-14,17H,6-12,15-16H2,1-3H3/p+2/t17-/m1/s1. The number of nitrogens with one attached hydrogen (secondary N) is 2. The lowest BCUT2D eigenvalue weighted by Gasteiger charge is -2.32. The Morgan fingerprint density at radius 2 is 1.50 bits per heavy atom. The number of rotatable bonds is 7. The van der Waals surface area contributed by atoms with Crippen LogP contribution in [0.25, 0.3) is 0 Å². The van der Waals surface area contributed by atoms with Gasteiger partial charge in [-0.2, -0.15) is 0 Å². The van der Waals surface area contributed by atoms with Gasteiger partial charge in [-0.3, -0.25) is 0 Å². The van der Waals surface area contributed by atoms with Gasteiger partial charge in [0.1, 0.15) is 38.5 Å². The van der Waals surface area contributed by atoms with Crippen molar-refractivity contribution in [2.24, 2.45) is 5.92 Å². The molecule has 0 spiro atoms. The number of piperazine rings is 1. The fraction of sp³-hybridized carbons (Fsp3) is 0.619. The summed E-state index contributed by atoms with van der Waals surface area (Å²) < 4.78 is 16.4. The molecule has 1 heterocycles. The van der Waals surface area contributed by atoms with Crippen molar-refractivity contribution in [3.05, 3.63) is 29.8 Å². The summed E-state index contributed by atoms with van der Waals surface area (Å²) in [6.45, 7) is 7.29. The highest BCUT2D eigenvalue weighted by Crippen LogP contribution is 2.34. The van der Waals surface area contributed by atoms with Gasteiger partial charge in [-0.25, -0.2) is 0 Å². The predicted octanol–water partition coefficient (Wildman–Crippen LogP) is 0.352. The molecule has 1 aliphatic carbocycles. The predicted molar refractivity (Wildman–Crippen MR) is 103 cm³/mol. The van der Waals surface area contributed by atoms with Crippen LogP contribution in [0.2, 0.25) is 0 Å². The molecular weight excluding hydrogens is 328 g/mol. The van der Waals surface area contributed by atoms with E-state index in [2.05, 4.69) is 18.2 Å². The first-order chi connectivity index (χ1) is 12.7. The molecule has 1 saturated heterocycles. The Kier molecular flexibility index (Phi) is 6.80. The van der Waals surface area contributed by atoms with Crippen molar-refractivity contribution in [1.82, 2.24) is 0 Å². The average Bonchev–Trinajstić information content (AvgIpc) is 2.70. The molecule has 26 heavy (non-hydrogen) atoms. The van der Waals surface area contributed by atoms with Crippen LogP contribution in [0, 0.1) is 5.92 Å². The minimum absolute atomic E-state index is 0.721. The topological polar surface area (TPSA) is 36.6 Å². The molecular formula is C21H34N2O3+2. The molecule has 1 aromatic carbocycles. The molecule has 3 rings (SSSR count). The van der Waals surface area contributed by atoms with Crippen molar-refractivity contribution in [3.63, 3.8) is 0 Å². The Morgan fingerprint density at radius 3 is 2.12 bits per heavy atom.